The van der Waals surface area contributed by atoms with Gasteiger partial charge in [0.15, 0.2) is 0 Å². The van der Waals surface area contributed by atoms with E-state index in [0.29, 0.717) is 5.02 Å². The van der Waals surface area contributed by atoms with Crippen molar-refractivity contribution in [3.8, 4) is 0 Å². The third-order valence-corrected chi connectivity index (χ3v) is 5.19. The van der Waals surface area contributed by atoms with Crippen molar-refractivity contribution in [2.75, 3.05) is 37.7 Å². The van der Waals surface area contributed by atoms with Crippen molar-refractivity contribution in [1.29, 1.82) is 0 Å². The van der Waals surface area contributed by atoms with E-state index in [2.05, 4.69) is 26.9 Å². The van der Waals surface area contributed by atoms with Gasteiger partial charge in [-0.3, -0.25) is 4.90 Å². The number of aromatic nitrogens is 1. The predicted molar refractivity (Wildman–Crippen MR) is 98.0 cm³/mol. The van der Waals surface area contributed by atoms with Crippen LogP contribution in [0.1, 0.15) is 36.9 Å². The van der Waals surface area contributed by atoms with Gasteiger partial charge in [-0.15, -0.1) is 0 Å². The lowest BCUT2D eigenvalue weighted by molar-refractivity contribution is 0.000833. The molecule has 6 heteroatoms. The summed E-state index contributed by atoms with van der Waals surface area (Å²) in [4.78, 5) is 9.14. The molecule has 2 aromatic heterocycles. The number of rotatable bonds is 4. The van der Waals surface area contributed by atoms with E-state index in [9.17, 15) is 0 Å². The summed E-state index contributed by atoms with van der Waals surface area (Å²) in [6, 6.07) is 8.06. The molecule has 1 atom stereocenters. The lowest BCUT2D eigenvalue weighted by Crippen LogP contribution is -2.46. The Kier molecular flexibility index (Phi) is 5.25. The highest BCUT2D eigenvalue weighted by molar-refractivity contribution is 6.30. The van der Waals surface area contributed by atoms with E-state index < -0.39 is 0 Å². The zero-order valence-corrected chi connectivity index (χ0v) is 15.1. The molecule has 1 unspecified atom stereocenters. The average molecular weight is 362 g/mol. The van der Waals surface area contributed by atoms with Crippen LogP contribution in [0.4, 0.5) is 5.82 Å². The summed E-state index contributed by atoms with van der Waals surface area (Å²) in [6.07, 6.45) is 5.31. The first-order chi connectivity index (χ1) is 12.3. The maximum atomic E-state index is 6.04. The number of pyridine rings is 1. The van der Waals surface area contributed by atoms with Gasteiger partial charge in [0.25, 0.3) is 0 Å². The van der Waals surface area contributed by atoms with Gasteiger partial charge in [0, 0.05) is 39.0 Å². The number of hydrogen-bond acceptors (Lipinski definition) is 5. The number of hydrogen-bond donors (Lipinski definition) is 0. The molecule has 5 nitrogen and oxygen atoms in total. The van der Waals surface area contributed by atoms with Crippen molar-refractivity contribution < 1.29 is 9.15 Å². The Labute approximate surface area is 153 Å². The first-order valence-electron chi connectivity index (χ1n) is 9.07. The summed E-state index contributed by atoms with van der Waals surface area (Å²) in [5.41, 5.74) is 0. The molecule has 0 N–H and O–H groups in total. The standard InChI is InChI=1S/C19H24ClN3O2/c20-15-4-7-19(21-13-15)23-10-8-22(9-11-23)14-16-5-6-18(25-16)17-3-1-2-12-24-17/h4-7,13,17H,1-3,8-12,14H2. The molecular weight excluding hydrogens is 338 g/mol. The second kappa shape index (κ2) is 7.77. The number of nitrogens with zero attached hydrogens (tertiary/aromatic N) is 3. The third kappa shape index (κ3) is 4.17. The van der Waals surface area contributed by atoms with Crippen molar-refractivity contribution in [3.05, 3.63) is 47.0 Å². The molecule has 0 spiro atoms. The van der Waals surface area contributed by atoms with Crippen LogP contribution in [0, 0.1) is 0 Å². The number of piperazine rings is 1. The van der Waals surface area contributed by atoms with Gasteiger partial charge >= 0.3 is 0 Å². The Morgan fingerprint density at radius 1 is 1.08 bits per heavy atom. The van der Waals surface area contributed by atoms with Gasteiger partial charge < -0.3 is 14.1 Å². The topological polar surface area (TPSA) is 41.7 Å². The van der Waals surface area contributed by atoms with Crippen LogP contribution >= 0.6 is 11.6 Å². The molecular formula is C19H24ClN3O2. The smallest absolute Gasteiger partial charge is 0.133 e. The monoisotopic (exact) mass is 361 g/mol. The molecule has 4 heterocycles. The number of halogens is 1. The fraction of sp³-hybridized carbons (Fsp3) is 0.526. The minimum absolute atomic E-state index is 0.148. The highest BCUT2D eigenvalue weighted by Gasteiger charge is 2.22. The van der Waals surface area contributed by atoms with Crippen molar-refractivity contribution in [2.45, 2.75) is 31.9 Å². The molecule has 2 aliphatic heterocycles. The van der Waals surface area contributed by atoms with Crippen molar-refractivity contribution in [3.63, 3.8) is 0 Å². The molecule has 2 fully saturated rings. The van der Waals surface area contributed by atoms with Crippen LogP contribution in [-0.4, -0.2) is 42.7 Å². The van der Waals surface area contributed by atoms with E-state index in [0.717, 1.165) is 69.5 Å². The molecule has 0 saturated carbocycles. The summed E-state index contributed by atoms with van der Waals surface area (Å²) < 4.78 is 11.9. The van der Waals surface area contributed by atoms with Gasteiger partial charge in [-0.1, -0.05) is 11.6 Å². The molecule has 2 aliphatic rings. The van der Waals surface area contributed by atoms with Crippen LogP contribution in [-0.2, 0) is 11.3 Å². The minimum atomic E-state index is 0.148. The number of furan rings is 1. The largest absolute Gasteiger partial charge is 0.462 e. The second-order valence-electron chi connectivity index (χ2n) is 6.76. The Morgan fingerprint density at radius 3 is 2.68 bits per heavy atom. The lowest BCUT2D eigenvalue weighted by Gasteiger charge is -2.35. The van der Waals surface area contributed by atoms with Gasteiger partial charge in [-0.05, 0) is 43.5 Å². The Bertz CT molecular complexity index is 674. The second-order valence-corrected chi connectivity index (χ2v) is 7.19. The van der Waals surface area contributed by atoms with Crippen LogP contribution in [0.15, 0.2) is 34.9 Å². The predicted octanol–water partition coefficient (Wildman–Crippen LogP) is 3.89. The Balaban J connectivity index is 1.30. The number of anilines is 1. The normalized spacial score (nSPS) is 22.3. The van der Waals surface area contributed by atoms with E-state index in [-0.39, 0.29) is 6.10 Å². The van der Waals surface area contributed by atoms with Crippen LogP contribution in [0.3, 0.4) is 0 Å². The zero-order chi connectivity index (χ0) is 17.1. The average Bonchev–Trinajstić information content (AvgIpc) is 3.12. The van der Waals surface area contributed by atoms with E-state index in [4.69, 9.17) is 20.8 Å². The van der Waals surface area contributed by atoms with Crippen molar-refractivity contribution in [1.82, 2.24) is 9.88 Å². The number of ether oxygens (including phenoxy) is 1. The summed E-state index contributed by atoms with van der Waals surface area (Å²) in [6.45, 7) is 5.64. The van der Waals surface area contributed by atoms with Gasteiger partial charge in [0.05, 0.1) is 11.6 Å². The first kappa shape index (κ1) is 16.9. The molecule has 0 bridgehead atoms. The molecule has 0 amide bonds. The van der Waals surface area contributed by atoms with Gasteiger partial charge in [-0.25, -0.2) is 4.98 Å². The van der Waals surface area contributed by atoms with Gasteiger partial charge in [0.2, 0.25) is 0 Å². The van der Waals surface area contributed by atoms with Crippen LogP contribution in [0.2, 0.25) is 5.02 Å². The molecule has 0 radical (unpaired) electrons. The van der Waals surface area contributed by atoms with E-state index >= 15 is 0 Å². The molecule has 4 rings (SSSR count). The fourth-order valence-corrected chi connectivity index (χ4v) is 3.64. The van der Waals surface area contributed by atoms with E-state index in [1.165, 1.54) is 6.42 Å². The Morgan fingerprint density at radius 2 is 1.96 bits per heavy atom. The van der Waals surface area contributed by atoms with Crippen molar-refractivity contribution in [2.24, 2.45) is 0 Å². The van der Waals surface area contributed by atoms with Gasteiger partial charge in [-0.2, -0.15) is 0 Å². The van der Waals surface area contributed by atoms with Crippen LogP contribution < -0.4 is 4.90 Å². The van der Waals surface area contributed by atoms with Crippen molar-refractivity contribution >= 4 is 17.4 Å². The molecule has 2 aromatic rings. The summed E-state index contributed by atoms with van der Waals surface area (Å²) >= 11 is 5.91. The highest BCUT2D eigenvalue weighted by atomic mass is 35.5. The zero-order valence-electron chi connectivity index (χ0n) is 14.4. The SMILES string of the molecule is Clc1ccc(N2CCN(Cc3ccc(C4CCCCO4)o3)CC2)nc1. The van der Waals surface area contributed by atoms with Crippen LogP contribution in [0.25, 0.3) is 0 Å². The fourth-order valence-electron chi connectivity index (χ4n) is 3.53. The van der Waals surface area contributed by atoms with E-state index in [1.54, 1.807) is 6.20 Å². The third-order valence-electron chi connectivity index (χ3n) is 4.97. The molecule has 0 aromatic carbocycles. The summed E-state index contributed by atoms with van der Waals surface area (Å²) in [5, 5.41) is 0.679. The summed E-state index contributed by atoms with van der Waals surface area (Å²) in [7, 11) is 0. The van der Waals surface area contributed by atoms with Crippen LogP contribution in [0.5, 0.6) is 0 Å². The maximum absolute atomic E-state index is 6.04. The molecule has 25 heavy (non-hydrogen) atoms. The molecule has 0 aliphatic carbocycles. The first-order valence-corrected chi connectivity index (χ1v) is 9.45. The quantitative estimate of drug-likeness (QED) is 0.826. The summed E-state index contributed by atoms with van der Waals surface area (Å²) in [5.74, 6) is 3.01. The van der Waals surface area contributed by atoms with Gasteiger partial charge in [0.1, 0.15) is 23.4 Å². The minimum Gasteiger partial charge on any atom is -0.462 e. The highest BCUT2D eigenvalue weighted by Crippen LogP contribution is 2.29. The maximum Gasteiger partial charge on any atom is 0.133 e. The van der Waals surface area contributed by atoms with E-state index in [1.807, 2.05) is 12.1 Å². The lowest BCUT2D eigenvalue weighted by atomic mass is 10.1. The molecule has 2 saturated heterocycles. The Hall–Kier alpha value is -1.56. The molecule has 134 valence electrons.